The minimum absolute atomic E-state index is 0.0892. The molecule has 128 valence electrons. The Bertz CT molecular complexity index is 831. The molecule has 2 aromatic rings. The van der Waals surface area contributed by atoms with Crippen molar-refractivity contribution in [1.29, 1.82) is 0 Å². The lowest BCUT2D eigenvalue weighted by Crippen LogP contribution is -2.35. The summed E-state index contributed by atoms with van der Waals surface area (Å²) in [6.45, 7) is 2.74. The second-order valence-electron chi connectivity index (χ2n) is 5.90. The van der Waals surface area contributed by atoms with Gasteiger partial charge in [0.1, 0.15) is 0 Å². The predicted molar refractivity (Wildman–Crippen MR) is 94.9 cm³/mol. The number of nitrogens with zero attached hydrogens (tertiary/aromatic N) is 1. The van der Waals surface area contributed by atoms with Gasteiger partial charge in [0.25, 0.3) is 5.91 Å². The summed E-state index contributed by atoms with van der Waals surface area (Å²) in [4.78, 5) is 15.2. The predicted octanol–water partition coefficient (Wildman–Crippen LogP) is 2.67. The Balaban J connectivity index is 1.79. The van der Waals surface area contributed by atoms with Gasteiger partial charge in [-0.3, -0.25) is 4.79 Å². The molecule has 1 aliphatic rings. The van der Waals surface area contributed by atoms with Gasteiger partial charge in [-0.25, -0.2) is 13.1 Å². The van der Waals surface area contributed by atoms with Gasteiger partial charge in [-0.2, -0.15) is 0 Å². The molecule has 0 bridgehead atoms. The molecule has 0 spiro atoms. The van der Waals surface area contributed by atoms with Crippen LogP contribution in [0, 0.1) is 0 Å². The average molecular weight is 364 g/mol. The van der Waals surface area contributed by atoms with E-state index in [1.807, 2.05) is 23.1 Å². The van der Waals surface area contributed by atoms with Crippen molar-refractivity contribution in [2.24, 2.45) is 0 Å². The number of amides is 1. The summed E-state index contributed by atoms with van der Waals surface area (Å²) in [5, 5.41) is 1.51. The van der Waals surface area contributed by atoms with Crippen molar-refractivity contribution in [2.45, 2.75) is 30.2 Å². The van der Waals surface area contributed by atoms with Gasteiger partial charge in [0.15, 0.2) is 0 Å². The first-order valence-corrected chi connectivity index (χ1v) is 10.2. The normalized spacial score (nSPS) is 21.2. The van der Waals surface area contributed by atoms with Gasteiger partial charge >= 0.3 is 0 Å². The van der Waals surface area contributed by atoms with Crippen LogP contribution in [0.25, 0.3) is 0 Å². The molecule has 3 rings (SSSR count). The van der Waals surface area contributed by atoms with E-state index in [9.17, 15) is 13.2 Å². The fourth-order valence-electron chi connectivity index (χ4n) is 3.20. The summed E-state index contributed by atoms with van der Waals surface area (Å²) in [6, 6.07) is 11.8. The monoisotopic (exact) mass is 364 g/mol. The lowest BCUT2D eigenvalue weighted by Gasteiger charge is -2.24. The van der Waals surface area contributed by atoms with Gasteiger partial charge in [-0.05, 0) is 32.0 Å². The number of carbonyl (C=O) groups is 1. The maximum absolute atomic E-state index is 12.8. The number of hydrogen-bond donors (Lipinski definition) is 1. The van der Waals surface area contributed by atoms with E-state index in [-0.39, 0.29) is 16.8 Å². The van der Waals surface area contributed by atoms with E-state index in [0.29, 0.717) is 17.3 Å². The molecule has 5 nitrogen and oxygen atoms in total. The van der Waals surface area contributed by atoms with Crippen LogP contribution in [0.5, 0.6) is 0 Å². The molecule has 1 aliphatic heterocycles. The highest BCUT2D eigenvalue weighted by atomic mass is 32.2. The van der Waals surface area contributed by atoms with Crippen LogP contribution in [0.3, 0.4) is 0 Å². The van der Waals surface area contributed by atoms with Crippen molar-refractivity contribution in [3.8, 4) is 0 Å². The summed E-state index contributed by atoms with van der Waals surface area (Å²) in [5.74, 6) is 0.221. The molecular weight excluding hydrogens is 344 g/mol. The summed E-state index contributed by atoms with van der Waals surface area (Å²) in [7, 11) is -2.15. The first-order chi connectivity index (χ1) is 11.4. The lowest BCUT2D eigenvalue weighted by molar-refractivity contribution is 0.0747. The van der Waals surface area contributed by atoms with Crippen molar-refractivity contribution in [3.05, 3.63) is 52.2 Å². The Morgan fingerprint density at radius 2 is 2.00 bits per heavy atom. The number of rotatable bonds is 4. The van der Waals surface area contributed by atoms with Crippen molar-refractivity contribution in [2.75, 3.05) is 13.6 Å². The molecule has 2 heterocycles. The van der Waals surface area contributed by atoms with E-state index >= 15 is 0 Å². The minimum Gasteiger partial charge on any atom is -0.335 e. The number of likely N-dealkylation sites (tertiary alicyclic amines) is 1. The van der Waals surface area contributed by atoms with Gasteiger partial charge < -0.3 is 4.90 Å². The van der Waals surface area contributed by atoms with Crippen LogP contribution in [0.2, 0.25) is 0 Å². The van der Waals surface area contributed by atoms with Crippen LogP contribution in [0.15, 0.2) is 46.7 Å². The quantitative estimate of drug-likeness (QED) is 0.907. The van der Waals surface area contributed by atoms with E-state index < -0.39 is 10.0 Å². The largest absolute Gasteiger partial charge is 0.335 e. The van der Waals surface area contributed by atoms with Crippen LogP contribution in [0.1, 0.15) is 34.5 Å². The highest BCUT2D eigenvalue weighted by molar-refractivity contribution is 7.89. The van der Waals surface area contributed by atoms with Gasteiger partial charge in [0, 0.05) is 23.9 Å². The number of hydrogen-bond acceptors (Lipinski definition) is 4. The van der Waals surface area contributed by atoms with Crippen LogP contribution < -0.4 is 4.72 Å². The van der Waals surface area contributed by atoms with Gasteiger partial charge in [0.2, 0.25) is 10.0 Å². The first kappa shape index (κ1) is 17.1. The molecule has 24 heavy (non-hydrogen) atoms. The van der Waals surface area contributed by atoms with Crippen molar-refractivity contribution in [1.82, 2.24) is 9.62 Å². The topological polar surface area (TPSA) is 66.5 Å². The second kappa shape index (κ2) is 6.66. The number of nitrogens with one attached hydrogen (secondary N) is 1. The average Bonchev–Trinajstić information content (AvgIpc) is 3.22. The third kappa shape index (κ3) is 3.11. The van der Waals surface area contributed by atoms with E-state index in [1.165, 1.54) is 35.4 Å². The molecule has 0 aliphatic carbocycles. The number of thiophene rings is 1. The van der Waals surface area contributed by atoms with Crippen LogP contribution in [0.4, 0.5) is 0 Å². The Kier molecular flexibility index (Phi) is 4.76. The van der Waals surface area contributed by atoms with Crippen LogP contribution >= 0.6 is 11.3 Å². The fourth-order valence-corrected chi connectivity index (χ4v) is 5.16. The molecule has 1 N–H and O–H groups in total. The summed E-state index contributed by atoms with van der Waals surface area (Å²) < 4.78 is 25.9. The zero-order chi connectivity index (χ0) is 17.3. The van der Waals surface area contributed by atoms with E-state index in [1.54, 1.807) is 0 Å². The first-order valence-electron chi connectivity index (χ1n) is 7.82. The summed E-state index contributed by atoms with van der Waals surface area (Å²) >= 11 is 1.18. The number of carbonyl (C=O) groups excluding carboxylic acids is 1. The van der Waals surface area contributed by atoms with Crippen molar-refractivity contribution < 1.29 is 13.2 Å². The van der Waals surface area contributed by atoms with E-state index in [0.717, 1.165) is 6.42 Å². The summed E-state index contributed by atoms with van der Waals surface area (Å²) in [5.41, 5.74) is 1.24. The Morgan fingerprint density at radius 1 is 1.29 bits per heavy atom. The standard InChI is InChI=1S/C17H20N2O3S2/c1-12-15(13-6-4-3-5-7-13)8-9-19(12)17(20)16-10-14(11-23-16)24(21,22)18-2/h3-7,10-12,15,18H,8-9H2,1-2H3. The summed E-state index contributed by atoms with van der Waals surface area (Å²) in [6.07, 6.45) is 0.921. The second-order valence-corrected chi connectivity index (χ2v) is 8.70. The SMILES string of the molecule is CNS(=O)(=O)c1csc(C(=O)N2CCC(c3ccccc3)C2C)c1. The maximum Gasteiger partial charge on any atom is 0.264 e. The highest BCUT2D eigenvalue weighted by Crippen LogP contribution is 2.34. The third-order valence-corrected chi connectivity index (χ3v) is 7.07. The van der Waals surface area contributed by atoms with Crippen LogP contribution in [-0.2, 0) is 10.0 Å². The molecule has 1 fully saturated rings. The smallest absolute Gasteiger partial charge is 0.264 e. The van der Waals surface area contributed by atoms with Crippen LogP contribution in [-0.4, -0.2) is 38.9 Å². The third-order valence-electron chi connectivity index (χ3n) is 4.61. The zero-order valence-corrected chi connectivity index (χ0v) is 15.2. The molecule has 1 amide bonds. The van der Waals surface area contributed by atoms with E-state index in [4.69, 9.17) is 0 Å². The van der Waals surface area contributed by atoms with Gasteiger partial charge in [-0.15, -0.1) is 11.3 Å². The van der Waals surface area contributed by atoms with Gasteiger partial charge in [-0.1, -0.05) is 30.3 Å². The molecule has 2 unspecified atom stereocenters. The molecule has 1 saturated heterocycles. The van der Waals surface area contributed by atoms with Crippen molar-refractivity contribution in [3.63, 3.8) is 0 Å². The molecule has 1 aromatic heterocycles. The fraction of sp³-hybridized carbons (Fsp3) is 0.353. The Hall–Kier alpha value is -1.70. The molecule has 0 saturated carbocycles. The molecule has 1 aromatic carbocycles. The van der Waals surface area contributed by atoms with E-state index in [2.05, 4.69) is 23.8 Å². The molecule has 2 atom stereocenters. The van der Waals surface area contributed by atoms with Gasteiger partial charge in [0.05, 0.1) is 9.77 Å². The minimum atomic E-state index is -3.51. The maximum atomic E-state index is 12.8. The number of sulfonamides is 1. The Labute approximate surface area is 146 Å². The number of benzene rings is 1. The highest BCUT2D eigenvalue weighted by Gasteiger charge is 2.35. The zero-order valence-electron chi connectivity index (χ0n) is 13.6. The Morgan fingerprint density at radius 3 is 2.67 bits per heavy atom. The molecule has 7 heteroatoms. The lowest BCUT2D eigenvalue weighted by atomic mass is 9.93. The van der Waals surface area contributed by atoms with Crippen molar-refractivity contribution >= 4 is 27.3 Å². The molecule has 0 radical (unpaired) electrons. The molecular formula is C17H20N2O3S2.